The molecule has 0 atom stereocenters. The number of aliphatic carboxylic acids is 1. The molecular weight excluding hydrogens is 406 g/mol. The summed E-state index contributed by atoms with van der Waals surface area (Å²) >= 11 is 0. The SMILES string of the molecule is Cc1ccc(CC(=O)N(C)Cc2nc3ccc(F)cc3[nH]2)cc1.O=C(O)C(F)(F)F. The van der Waals surface area contributed by atoms with Gasteiger partial charge in [-0.1, -0.05) is 29.8 Å². The van der Waals surface area contributed by atoms with Gasteiger partial charge in [-0.15, -0.1) is 0 Å². The molecule has 0 bridgehead atoms. The molecule has 2 N–H and O–H groups in total. The number of fused-ring (bicyclic) bond motifs is 1. The van der Waals surface area contributed by atoms with E-state index in [1.54, 1.807) is 18.0 Å². The normalized spacial score (nSPS) is 11.0. The van der Waals surface area contributed by atoms with Gasteiger partial charge in [-0.05, 0) is 30.7 Å². The Morgan fingerprint density at radius 2 is 1.73 bits per heavy atom. The van der Waals surface area contributed by atoms with Gasteiger partial charge >= 0.3 is 12.1 Å². The smallest absolute Gasteiger partial charge is 0.475 e. The van der Waals surface area contributed by atoms with Crippen molar-refractivity contribution in [2.75, 3.05) is 7.05 Å². The Balaban J connectivity index is 0.000000396. The summed E-state index contributed by atoms with van der Waals surface area (Å²) in [7, 11) is 1.74. The fourth-order valence-corrected chi connectivity index (χ4v) is 2.44. The van der Waals surface area contributed by atoms with Crippen LogP contribution in [0.3, 0.4) is 0 Å². The second kappa shape index (κ2) is 9.38. The van der Waals surface area contributed by atoms with Crippen molar-refractivity contribution < 1.29 is 32.3 Å². The minimum atomic E-state index is -5.08. The van der Waals surface area contributed by atoms with Gasteiger partial charge < -0.3 is 15.0 Å². The molecule has 0 aliphatic rings. The Hall–Kier alpha value is -3.43. The number of carbonyl (C=O) groups is 2. The monoisotopic (exact) mass is 425 g/mol. The van der Waals surface area contributed by atoms with Gasteiger partial charge in [-0.2, -0.15) is 13.2 Å². The molecule has 0 saturated heterocycles. The summed E-state index contributed by atoms with van der Waals surface area (Å²) < 4.78 is 44.9. The molecule has 6 nitrogen and oxygen atoms in total. The number of imidazole rings is 1. The van der Waals surface area contributed by atoms with E-state index >= 15 is 0 Å². The number of aryl methyl sites for hydroxylation is 1. The highest BCUT2D eigenvalue weighted by Gasteiger charge is 2.38. The fraction of sp³-hybridized carbons (Fsp3) is 0.250. The van der Waals surface area contributed by atoms with E-state index < -0.39 is 12.1 Å². The number of halogens is 4. The van der Waals surface area contributed by atoms with Crippen molar-refractivity contribution >= 4 is 22.9 Å². The lowest BCUT2D eigenvalue weighted by molar-refractivity contribution is -0.192. The van der Waals surface area contributed by atoms with Crippen LogP contribution in [0, 0.1) is 12.7 Å². The number of likely N-dealkylation sites (N-methyl/N-ethyl adjacent to an activating group) is 1. The van der Waals surface area contributed by atoms with Gasteiger partial charge in [-0.3, -0.25) is 4.79 Å². The molecule has 1 heterocycles. The number of H-pyrrole nitrogens is 1. The largest absolute Gasteiger partial charge is 0.490 e. The number of carboxylic acids is 1. The summed E-state index contributed by atoms with van der Waals surface area (Å²) in [6.07, 6.45) is -4.73. The van der Waals surface area contributed by atoms with Gasteiger partial charge in [0.2, 0.25) is 5.91 Å². The summed E-state index contributed by atoms with van der Waals surface area (Å²) in [6.45, 7) is 2.38. The number of amides is 1. The maximum atomic E-state index is 13.2. The number of alkyl halides is 3. The van der Waals surface area contributed by atoms with Crippen LogP contribution in [-0.2, 0) is 22.6 Å². The number of nitrogens with one attached hydrogen (secondary N) is 1. The number of aromatic nitrogens is 2. The van der Waals surface area contributed by atoms with Gasteiger partial charge in [0, 0.05) is 7.05 Å². The van der Waals surface area contributed by atoms with Crippen LogP contribution in [0.15, 0.2) is 42.5 Å². The molecule has 0 spiro atoms. The molecule has 1 aromatic heterocycles. The summed E-state index contributed by atoms with van der Waals surface area (Å²) in [5.41, 5.74) is 3.49. The Kier molecular flexibility index (Phi) is 7.14. The Labute approximate surface area is 169 Å². The van der Waals surface area contributed by atoms with Gasteiger partial charge in [0.05, 0.1) is 24.0 Å². The first kappa shape index (κ1) is 22.9. The lowest BCUT2D eigenvalue weighted by Crippen LogP contribution is -2.28. The van der Waals surface area contributed by atoms with E-state index in [4.69, 9.17) is 9.90 Å². The van der Waals surface area contributed by atoms with Crippen LogP contribution in [-0.4, -0.2) is 45.1 Å². The Morgan fingerprint density at radius 1 is 1.13 bits per heavy atom. The standard InChI is InChI=1S/C18H18FN3O.C2HF3O2/c1-12-3-5-13(6-4-12)9-18(23)22(2)11-17-20-15-8-7-14(19)10-16(15)21-17;3-2(4,5)1(6)7/h3-8,10H,9,11H2,1-2H3,(H,20,21);(H,6,7). The van der Waals surface area contributed by atoms with Crippen molar-refractivity contribution in [2.45, 2.75) is 26.1 Å². The third kappa shape index (κ3) is 6.57. The van der Waals surface area contributed by atoms with Crippen LogP contribution >= 0.6 is 0 Å². The van der Waals surface area contributed by atoms with E-state index in [1.807, 2.05) is 31.2 Å². The molecule has 0 saturated carbocycles. The van der Waals surface area contributed by atoms with E-state index in [0.29, 0.717) is 29.8 Å². The summed E-state index contributed by atoms with van der Waals surface area (Å²) in [5.74, 6) is -2.41. The lowest BCUT2D eigenvalue weighted by atomic mass is 10.1. The van der Waals surface area contributed by atoms with Crippen molar-refractivity contribution in [1.29, 1.82) is 0 Å². The van der Waals surface area contributed by atoms with Gasteiger partial charge in [0.25, 0.3) is 0 Å². The maximum Gasteiger partial charge on any atom is 0.490 e. The summed E-state index contributed by atoms with van der Waals surface area (Å²) in [6, 6.07) is 12.3. The maximum absolute atomic E-state index is 13.2. The Bertz CT molecular complexity index is 1030. The van der Waals surface area contributed by atoms with Crippen molar-refractivity contribution in [3.8, 4) is 0 Å². The first-order valence-corrected chi connectivity index (χ1v) is 8.69. The average molecular weight is 425 g/mol. The molecule has 10 heteroatoms. The summed E-state index contributed by atoms with van der Waals surface area (Å²) in [4.78, 5) is 30.2. The second-order valence-electron chi connectivity index (χ2n) is 6.56. The predicted octanol–water partition coefficient (Wildman–Crippen LogP) is 3.84. The van der Waals surface area contributed by atoms with Crippen LogP contribution in [0.25, 0.3) is 11.0 Å². The van der Waals surface area contributed by atoms with Crippen LogP contribution < -0.4 is 0 Å². The molecule has 3 rings (SSSR count). The zero-order valence-corrected chi connectivity index (χ0v) is 16.1. The van der Waals surface area contributed by atoms with Crippen molar-refractivity contribution in [3.63, 3.8) is 0 Å². The first-order valence-electron chi connectivity index (χ1n) is 8.69. The number of hydrogen-bond donors (Lipinski definition) is 2. The zero-order chi connectivity index (χ0) is 22.5. The third-order valence-electron chi connectivity index (χ3n) is 4.02. The van der Waals surface area contributed by atoms with Crippen molar-refractivity contribution in [1.82, 2.24) is 14.9 Å². The van der Waals surface area contributed by atoms with E-state index in [-0.39, 0.29) is 11.7 Å². The molecule has 3 aromatic rings. The molecular formula is C20H19F4N3O3. The van der Waals surface area contributed by atoms with Crippen molar-refractivity contribution in [3.05, 3.63) is 65.2 Å². The number of aromatic amines is 1. The molecule has 30 heavy (non-hydrogen) atoms. The number of rotatable bonds is 4. The molecule has 0 fully saturated rings. The predicted molar refractivity (Wildman–Crippen MR) is 101 cm³/mol. The molecule has 0 aliphatic carbocycles. The zero-order valence-electron chi connectivity index (χ0n) is 16.1. The van der Waals surface area contributed by atoms with Crippen LogP contribution in [0.5, 0.6) is 0 Å². The second-order valence-corrected chi connectivity index (χ2v) is 6.56. The third-order valence-corrected chi connectivity index (χ3v) is 4.02. The highest BCUT2D eigenvalue weighted by molar-refractivity contribution is 5.79. The van der Waals surface area contributed by atoms with Crippen LogP contribution in [0.4, 0.5) is 17.6 Å². The lowest BCUT2D eigenvalue weighted by Gasteiger charge is -2.15. The molecule has 160 valence electrons. The van der Waals surface area contributed by atoms with Crippen LogP contribution in [0.1, 0.15) is 17.0 Å². The topological polar surface area (TPSA) is 86.3 Å². The molecule has 0 radical (unpaired) electrons. The fourth-order valence-electron chi connectivity index (χ4n) is 2.44. The quantitative estimate of drug-likeness (QED) is 0.622. The number of carboxylic acid groups (broad SMARTS) is 1. The number of benzene rings is 2. The van der Waals surface area contributed by atoms with Gasteiger partial charge in [0.15, 0.2) is 0 Å². The van der Waals surface area contributed by atoms with E-state index in [2.05, 4.69) is 9.97 Å². The highest BCUT2D eigenvalue weighted by atomic mass is 19.4. The van der Waals surface area contributed by atoms with E-state index in [9.17, 15) is 22.4 Å². The molecule has 0 aliphatic heterocycles. The number of hydrogen-bond acceptors (Lipinski definition) is 3. The molecule has 1 amide bonds. The number of carbonyl (C=O) groups excluding carboxylic acids is 1. The minimum absolute atomic E-state index is 0.0143. The van der Waals surface area contributed by atoms with Crippen LogP contribution in [0.2, 0.25) is 0 Å². The van der Waals surface area contributed by atoms with E-state index in [1.165, 1.54) is 17.7 Å². The minimum Gasteiger partial charge on any atom is -0.475 e. The average Bonchev–Trinajstić information content (AvgIpc) is 3.04. The summed E-state index contributed by atoms with van der Waals surface area (Å²) in [5, 5.41) is 7.12. The highest BCUT2D eigenvalue weighted by Crippen LogP contribution is 2.14. The van der Waals surface area contributed by atoms with E-state index in [0.717, 1.165) is 5.56 Å². The van der Waals surface area contributed by atoms with Gasteiger partial charge in [0.1, 0.15) is 11.6 Å². The molecule has 0 unspecified atom stereocenters. The number of nitrogens with zero attached hydrogens (tertiary/aromatic N) is 2. The molecule has 2 aromatic carbocycles. The first-order chi connectivity index (χ1) is 14.0. The van der Waals surface area contributed by atoms with Crippen molar-refractivity contribution in [2.24, 2.45) is 0 Å². The Morgan fingerprint density at radius 3 is 2.30 bits per heavy atom. The van der Waals surface area contributed by atoms with Gasteiger partial charge in [-0.25, -0.2) is 14.2 Å².